The molecule has 0 spiro atoms. The second-order valence-electron chi connectivity index (χ2n) is 4.23. The predicted octanol–water partition coefficient (Wildman–Crippen LogP) is 3.87. The maximum Gasteiger partial charge on any atom is 0.199 e. The van der Waals surface area contributed by atoms with Crippen LogP contribution in [0.15, 0.2) is 0 Å². The highest BCUT2D eigenvalue weighted by atomic mass is 27.1. The van der Waals surface area contributed by atoms with E-state index in [1.807, 2.05) is 0 Å². The van der Waals surface area contributed by atoms with Crippen molar-refractivity contribution in [2.75, 3.05) is 0 Å². The third-order valence-corrected chi connectivity index (χ3v) is 3.38. The summed E-state index contributed by atoms with van der Waals surface area (Å²) in [5.41, 5.74) is 0. The van der Waals surface area contributed by atoms with E-state index in [0.29, 0.717) is 0 Å². The summed E-state index contributed by atoms with van der Waals surface area (Å²) in [4.78, 5) is 0. The van der Waals surface area contributed by atoms with Crippen LogP contribution in [0.25, 0.3) is 0 Å². The summed E-state index contributed by atoms with van der Waals surface area (Å²) in [6.07, 6.45) is 2.90. The van der Waals surface area contributed by atoms with Crippen molar-refractivity contribution in [3.8, 4) is 0 Å². The molecule has 0 N–H and O–H groups in total. The van der Waals surface area contributed by atoms with Gasteiger partial charge in [0, 0.05) is 1.43 Å². The summed E-state index contributed by atoms with van der Waals surface area (Å²) in [7, 11) is 0. The van der Waals surface area contributed by atoms with Crippen LogP contribution < -0.4 is 0 Å². The van der Waals surface area contributed by atoms with Gasteiger partial charge in [-0.15, -0.1) is 10.6 Å². The van der Waals surface area contributed by atoms with Crippen molar-refractivity contribution in [1.29, 1.82) is 0 Å². The molecule has 0 aliphatic rings. The van der Waals surface area contributed by atoms with Gasteiger partial charge >= 0.3 is 0 Å². The van der Waals surface area contributed by atoms with E-state index in [-0.39, 0.29) is 1.43 Å². The Kier molecular flexibility index (Phi) is 7.54. The van der Waals surface area contributed by atoms with E-state index in [2.05, 4.69) is 27.7 Å². The standard InChI is InChI=1S/2C5H11.Al.H2/c2*1-4-5(2)3;;/h2*5H,1,4H2,2-3H3;;1H. The highest BCUT2D eigenvalue weighted by Crippen LogP contribution is 2.08. The van der Waals surface area contributed by atoms with Gasteiger partial charge in [0.15, 0.2) is 15.2 Å². The summed E-state index contributed by atoms with van der Waals surface area (Å²) in [6, 6.07) is 0. The second kappa shape index (κ2) is 7.20. The van der Waals surface area contributed by atoms with Crippen LogP contribution in [-0.4, -0.2) is 15.2 Å². The first-order chi connectivity index (χ1) is 5.13. The zero-order valence-electron chi connectivity index (χ0n) is 8.56. The third-order valence-electron chi connectivity index (χ3n) is 1.90. The fourth-order valence-corrected chi connectivity index (χ4v) is 3.14. The van der Waals surface area contributed by atoms with E-state index in [1.54, 1.807) is 0 Å². The van der Waals surface area contributed by atoms with E-state index in [1.165, 1.54) is 23.4 Å². The van der Waals surface area contributed by atoms with Crippen LogP contribution in [0.2, 0.25) is 10.6 Å². The molecule has 0 bridgehead atoms. The van der Waals surface area contributed by atoms with E-state index in [9.17, 15) is 0 Å². The molecule has 0 fully saturated rings. The van der Waals surface area contributed by atoms with Crippen molar-refractivity contribution >= 4 is 15.2 Å². The summed E-state index contributed by atoms with van der Waals surface area (Å²) < 4.78 is 0. The maximum absolute atomic E-state index is 2.32. The molecular formula is C10H24Al. The summed E-state index contributed by atoms with van der Waals surface area (Å²) in [5.74, 6) is 1.84. The summed E-state index contributed by atoms with van der Waals surface area (Å²) in [6.45, 7) is 9.29. The maximum atomic E-state index is 2.32. The Morgan fingerprint density at radius 1 is 0.909 bits per heavy atom. The van der Waals surface area contributed by atoms with Crippen molar-refractivity contribution in [2.24, 2.45) is 11.8 Å². The number of hydrogen-bond donors (Lipinski definition) is 0. The van der Waals surface area contributed by atoms with Crippen molar-refractivity contribution in [3.05, 3.63) is 0 Å². The van der Waals surface area contributed by atoms with Gasteiger partial charge in [0.05, 0.1) is 0 Å². The molecule has 0 heterocycles. The molecule has 0 saturated heterocycles. The van der Waals surface area contributed by atoms with Crippen molar-refractivity contribution in [2.45, 2.75) is 51.1 Å². The van der Waals surface area contributed by atoms with Crippen LogP contribution >= 0.6 is 0 Å². The molecule has 0 aliphatic carbocycles. The molecule has 1 heteroatoms. The Bertz CT molecular complexity index is 71.9. The molecule has 0 saturated carbocycles. The fraction of sp³-hybridized carbons (Fsp3) is 1.00. The Hall–Kier alpha value is 0.532. The zero-order valence-corrected chi connectivity index (χ0v) is 9.72. The van der Waals surface area contributed by atoms with Gasteiger partial charge in [0.2, 0.25) is 0 Å². The molecule has 0 aromatic heterocycles. The van der Waals surface area contributed by atoms with Crippen molar-refractivity contribution in [1.82, 2.24) is 0 Å². The Morgan fingerprint density at radius 2 is 1.27 bits per heavy atom. The Morgan fingerprint density at radius 3 is 1.55 bits per heavy atom. The lowest BCUT2D eigenvalue weighted by molar-refractivity contribution is 0.611. The average Bonchev–Trinajstić information content (AvgIpc) is 1.85. The monoisotopic (exact) mass is 171 g/mol. The SMILES string of the molecule is CC(C)C[CH2][Al][CH2]CC(C)C.[HH]. The van der Waals surface area contributed by atoms with Gasteiger partial charge in [-0.25, -0.2) is 0 Å². The normalized spacial score (nSPS) is 11.1. The van der Waals surface area contributed by atoms with Crippen molar-refractivity contribution < 1.29 is 1.43 Å². The Labute approximate surface area is 80.0 Å². The van der Waals surface area contributed by atoms with Crippen LogP contribution in [0.5, 0.6) is 0 Å². The third kappa shape index (κ3) is 10.5. The van der Waals surface area contributed by atoms with Crippen LogP contribution in [0.4, 0.5) is 0 Å². The molecule has 0 aliphatic heterocycles. The molecule has 0 atom stereocenters. The number of hydrogen-bond acceptors (Lipinski definition) is 0. The molecule has 0 rings (SSSR count). The predicted molar refractivity (Wildman–Crippen MR) is 56.4 cm³/mol. The molecule has 0 aromatic rings. The lowest BCUT2D eigenvalue weighted by Crippen LogP contribution is -1.96. The van der Waals surface area contributed by atoms with Crippen LogP contribution in [0.1, 0.15) is 42.0 Å². The molecule has 0 unspecified atom stereocenters. The van der Waals surface area contributed by atoms with Gasteiger partial charge < -0.3 is 0 Å². The van der Waals surface area contributed by atoms with Crippen LogP contribution in [0.3, 0.4) is 0 Å². The molecule has 0 amide bonds. The highest BCUT2D eigenvalue weighted by Gasteiger charge is 1.98. The zero-order chi connectivity index (χ0) is 8.69. The van der Waals surface area contributed by atoms with Gasteiger partial charge in [0.1, 0.15) is 0 Å². The van der Waals surface area contributed by atoms with Crippen LogP contribution in [-0.2, 0) is 0 Å². The Balaban J connectivity index is 0. The van der Waals surface area contributed by atoms with E-state index in [4.69, 9.17) is 0 Å². The molecule has 0 aromatic carbocycles. The fourth-order valence-electron chi connectivity index (χ4n) is 1.05. The lowest BCUT2D eigenvalue weighted by atomic mass is 10.2. The van der Waals surface area contributed by atoms with E-state index in [0.717, 1.165) is 27.1 Å². The van der Waals surface area contributed by atoms with Crippen molar-refractivity contribution in [3.63, 3.8) is 0 Å². The number of rotatable bonds is 6. The summed E-state index contributed by atoms with van der Waals surface area (Å²) in [5, 5.41) is 3.04. The van der Waals surface area contributed by atoms with Crippen LogP contribution in [0, 0.1) is 11.8 Å². The highest BCUT2D eigenvalue weighted by molar-refractivity contribution is 6.35. The topological polar surface area (TPSA) is 0 Å². The van der Waals surface area contributed by atoms with Gasteiger partial charge in [-0.2, -0.15) is 0 Å². The minimum atomic E-state index is 0. The first-order valence-corrected chi connectivity index (χ1v) is 6.58. The summed E-state index contributed by atoms with van der Waals surface area (Å²) >= 11 is 0.772. The quantitative estimate of drug-likeness (QED) is 0.420. The second-order valence-corrected chi connectivity index (χ2v) is 5.96. The van der Waals surface area contributed by atoms with Gasteiger partial charge in [-0.1, -0.05) is 40.5 Å². The van der Waals surface area contributed by atoms with Gasteiger partial charge in [0.25, 0.3) is 0 Å². The minimum absolute atomic E-state index is 0. The first-order valence-electron chi connectivity index (χ1n) is 4.94. The van der Waals surface area contributed by atoms with E-state index >= 15 is 0 Å². The van der Waals surface area contributed by atoms with E-state index < -0.39 is 0 Å². The van der Waals surface area contributed by atoms with Gasteiger partial charge in [-0.05, 0) is 11.8 Å². The average molecular weight is 171 g/mol. The molecule has 0 nitrogen and oxygen atoms in total. The molecule has 67 valence electrons. The van der Waals surface area contributed by atoms with Gasteiger partial charge in [-0.3, -0.25) is 0 Å². The largest absolute Gasteiger partial charge is 0.199 e. The first kappa shape index (κ1) is 11.5. The molecular weight excluding hydrogens is 147 g/mol. The smallest absolute Gasteiger partial charge is 0.104 e. The molecule has 1 radical (unpaired) electrons. The lowest BCUT2D eigenvalue weighted by Gasteiger charge is -2.04. The molecule has 11 heavy (non-hydrogen) atoms. The minimum Gasteiger partial charge on any atom is -0.104 e.